The minimum atomic E-state index is 0.274. The molecule has 0 spiro atoms. The van der Waals surface area contributed by atoms with Crippen LogP contribution in [-0.4, -0.2) is 25.9 Å². The Labute approximate surface area is 120 Å². The molecule has 0 amide bonds. The van der Waals surface area contributed by atoms with Crippen molar-refractivity contribution in [3.8, 4) is 11.5 Å². The molecule has 1 fully saturated rings. The quantitative estimate of drug-likeness (QED) is 0.918. The number of fused-ring (bicyclic) bond motifs is 1. The fourth-order valence-corrected chi connectivity index (χ4v) is 3.24. The van der Waals surface area contributed by atoms with Crippen LogP contribution in [0.2, 0.25) is 0 Å². The molecule has 1 saturated heterocycles. The molecule has 0 aliphatic carbocycles. The molecule has 0 aromatic heterocycles. The van der Waals surface area contributed by atoms with E-state index in [2.05, 4.69) is 24.0 Å². The summed E-state index contributed by atoms with van der Waals surface area (Å²) < 4.78 is 10.8. The SMILES string of the molecule is CCCCC1CC(N)CN(c2ccc3c(c2)OCO3)C1. The number of piperidine rings is 1. The van der Waals surface area contributed by atoms with Gasteiger partial charge in [-0.3, -0.25) is 0 Å². The molecule has 0 saturated carbocycles. The van der Waals surface area contributed by atoms with Gasteiger partial charge in [0.15, 0.2) is 11.5 Å². The molecule has 110 valence electrons. The van der Waals surface area contributed by atoms with Crippen LogP contribution in [0.25, 0.3) is 0 Å². The van der Waals surface area contributed by atoms with Gasteiger partial charge in [0.1, 0.15) is 0 Å². The Morgan fingerprint density at radius 1 is 1.25 bits per heavy atom. The topological polar surface area (TPSA) is 47.7 Å². The van der Waals surface area contributed by atoms with E-state index in [4.69, 9.17) is 15.2 Å². The summed E-state index contributed by atoms with van der Waals surface area (Å²) in [5, 5.41) is 0. The molecule has 20 heavy (non-hydrogen) atoms. The summed E-state index contributed by atoms with van der Waals surface area (Å²) >= 11 is 0. The second-order valence-corrected chi connectivity index (χ2v) is 5.95. The van der Waals surface area contributed by atoms with E-state index in [1.807, 2.05) is 6.07 Å². The molecule has 2 aliphatic heterocycles. The monoisotopic (exact) mass is 276 g/mol. The third-order valence-corrected chi connectivity index (χ3v) is 4.26. The van der Waals surface area contributed by atoms with E-state index in [9.17, 15) is 0 Å². The maximum absolute atomic E-state index is 6.24. The molecular formula is C16H24N2O2. The number of ether oxygens (including phenoxy) is 2. The highest BCUT2D eigenvalue weighted by Gasteiger charge is 2.26. The highest BCUT2D eigenvalue weighted by atomic mass is 16.7. The fourth-order valence-electron chi connectivity index (χ4n) is 3.24. The van der Waals surface area contributed by atoms with Crippen molar-refractivity contribution in [1.82, 2.24) is 0 Å². The van der Waals surface area contributed by atoms with E-state index in [0.29, 0.717) is 12.7 Å². The maximum Gasteiger partial charge on any atom is 0.231 e. The lowest BCUT2D eigenvalue weighted by atomic mass is 9.90. The summed E-state index contributed by atoms with van der Waals surface area (Å²) in [5.74, 6) is 2.41. The van der Waals surface area contributed by atoms with Crippen molar-refractivity contribution in [2.75, 3.05) is 24.8 Å². The van der Waals surface area contributed by atoms with Crippen molar-refractivity contribution in [2.24, 2.45) is 11.7 Å². The van der Waals surface area contributed by atoms with Gasteiger partial charge in [0.05, 0.1) is 0 Å². The molecule has 2 aliphatic rings. The van der Waals surface area contributed by atoms with Gasteiger partial charge in [-0.25, -0.2) is 0 Å². The normalized spacial score (nSPS) is 25.0. The number of nitrogens with two attached hydrogens (primary N) is 1. The Hall–Kier alpha value is -1.42. The molecule has 1 aromatic rings. The fraction of sp³-hybridized carbons (Fsp3) is 0.625. The van der Waals surface area contributed by atoms with Gasteiger partial charge < -0.3 is 20.1 Å². The van der Waals surface area contributed by atoms with Gasteiger partial charge in [0.25, 0.3) is 0 Å². The average molecular weight is 276 g/mol. The first-order chi connectivity index (χ1) is 9.76. The number of anilines is 1. The zero-order valence-corrected chi connectivity index (χ0v) is 12.2. The van der Waals surface area contributed by atoms with Crippen molar-refractivity contribution >= 4 is 5.69 Å². The number of nitrogens with zero attached hydrogens (tertiary/aromatic N) is 1. The number of hydrogen-bond acceptors (Lipinski definition) is 4. The van der Waals surface area contributed by atoms with Gasteiger partial charge in [0, 0.05) is 30.9 Å². The Balaban J connectivity index is 1.72. The van der Waals surface area contributed by atoms with Crippen molar-refractivity contribution in [2.45, 2.75) is 38.6 Å². The molecule has 3 rings (SSSR count). The summed E-state index contributed by atoms with van der Waals surface area (Å²) in [4.78, 5) is 2.40. The van der Waals surface area contributed by atoms with Gasteiger partial charge in [-0.05, 0) is 30.9 Å². The van der Waals surface area contributed by atoms with Gasteiger partial charge in [-0.1, -0.05) is 19.8 Å². The van der Waals surface area contributed by atoms with Crippen molar-refractivity contribution in [3.05, 3.63) is 18.2 Å². The number of benzene rings is 1. The molecule has 4 heteroatoms. The summed E-state index contributed by atoms with van der Waals surface area (Å²) in [5.41, 5.74) is 7.44. The molecule has 0 radical (unpaired) electrons. The lowest BCUT2D eigenvalue weighted by molar-refractivity contribution is 0.174. The molecule has 1 aromatic carbocycles. The smallest absolute Gasteiger partial charge is 0.231 e. The first-order valence-electron chi connectivity index (χ1n) is 7.66. The van der Waals surface area contributed by atoms with Gasteiger partial charge in [-0.2, -0.15) is 0 Å². The summed E-state index contributed by atoms with van der Waals surface area (Å²) in [6.07, 6.45) is 4.99. The zero-order valence-electron chi connectivity index (χ0n) is 12.2. The molecule has 2 unspecified atom stereocenters. The van der Waals surface area contributed by atoms with Gasteiger partial charge in [-0.15, -0.1) is 0 Å². The highest BCUT2D eigenvalue weighted by molar-refractivity contribution is 5.57. The van der Waals surface area contributed by atoms with E-state index >= 15 is 0 Å². The zero-order chi connectivity index (χ0) is 13.9. The number of hydrogen-bond donors (Lipinski definition) is 1. The minimum Gasteiger partial charge on any atom is -0.454 e. The second-order valence-electron chi connectivity index (χ2n) is 5.95. The Kier molecular flexibility index (Phi) is 4.01. The van der Waals surface area contributed by atoms with Crippen molar-refractivity contribution in [3.63, 3.8) is 0 Å². The number of rotatable bonds is 4. The van der Waals surface area contributed by atoms with Crippen LogP contribution in [0.3, 0.4) is 0 Å². The van der Waals surface area contributed by atoms with Crippen molar-refractivity contribution in [1.29, 1.82) is 0 Å². The first kappa shape index (κ1) is 13.6. The first-order valence-corrected chi connectivity index (χ1v) is 7.66. The second kappa shape index (κ2) is 5.92. The van der Waals surface area contributed by atoms with Crippen LogP contribution < -0.4 is 20.1 Å². The molecular weight excluding hydrogens is 252 g/mol. The Morgan fingerprint density at radius 2 is 2.10 bits per heavy atom. The summed E-state index contributed by atoms with van der Waals surface area (Å²) in [6.45, 7) is 4.62. The lowest BCUT2D eigenvalue weighted by Crippen LogP contribution is -2.47. The van der Waals surface area contributed by atoms with Crippen LogP contribution in [0.4, 0.5) is 5.69 Å². The molecule has 2 N–H and O–H groups in total. The highest BCUT2D eigenvalue weighted by Crippen LogP contribution is 2.36. The van der Waals surface area contributed by atoms with Crippen LogP contribution in [0, 0.1) is 5.92 Å². The predicted octanol–water partition coefficient (Wildman–Crippen LogP) is 2.76. The van der Waals surface area contributed by atoms with Crippen LogP contribution in [-0.2, 0) is 0 Å². The van der Waals surface area contributed by atoms with Crippen molar-refractivity contribution < 1.29 is 9.47 Å². The predicted molar refractivity (Wildman–Crippen MR) is 80.4 cm³/mol. The Morgan fingerprint density at radius 3 is 2.95 bits per heavy atom. The Bertz CT molecular complexity index is 464. The standard InChI is InChI=1S/C16H24N2O2/c1-2-3-4-12-7-13(17)10-18(9-12)14-5-6-15-16(8-14)20-11-19-15/h5-6,8,12-13H,2-4,7,9-11,17H2,1H3. The number of unbranched alkanes of at least 4 members (excludes halogenated alkanes) is 1. The minimum absolute atomic E-state index is 0.274. The van der Waals surface area contributed by atoms with Crippen LogP contribution in [0.1, 0.15) is 32.6 Å². The molecule has 2 heterocycles. The van der Waals surface area contributed by atoms with Crippen LogP contribution in [0.5, 0.6) is 11.5 Å². The lowest BCUT2D eigenvalue weighted by Gasteiger charge is -2.38. The molecule has 4 nitrogen and oxygen atoms in total. The largest absolute Gasteiger partial charge is 0.454 e. The van der Waals surface area contributed by atoms with E-state index < -0.39 is 0 Å². The van der Waals surface area contributed by atoms with Crippen LogP contribution >= 0.6 is 0 Å². The van der Waals surface area contributed by atoms with Gasteiger partial charge >= 0.3 is 0 Å². The van der Waals surface area contributed by atoms with E-state index in [1.165, 1.54) is 24.9 Å². The summed E-state index contributed by atoms with van der Waals surface area (Å²) in [7, 11) is 0. The third-order valence-electron chi connectivity index (χ3n) is 4.26. The summed E-state index contributed by atoms with van der Waals surface area (Å²) in [6, 6.07) is 6.47. The molecule has 2 atom stereocenters. The molecule has 0 bridgehead atoms. The van der Waals surface area contributed by atoms with E-state index in [1.54, 1.807) is 0 Å². The van der Waals surface area contributed by atoms with Gasteiger partial charge in [0.2, 0.25) is 6.79 Å². The average Bonchev–Trinajstić information content (AvgIpc) is 2.92. The third kappa shape index (κ3) is 2.85. The maximum atomic E-state index is 6.24. The van der Waals surface area contributed by atoms with E-state index in [-0.39, 0.29) is 6.04 Å². The van der Waals surface area contributed by atoms with E-state index in [0.717, 1.165) is 31.0 Å². The van der Waals surface area contributed by atoms with Crippen LogP contribution in [0.15, 0.2) is 18.2 Å².